The van der Waals surface area contributed by atoms with Gasteiger partial charge in [-0.2, -0.15) is 0 Å². The first kappa shape index (κ1) is 25.7. The molecule has 4 aliphatic rings. The molecule has 1 aromatic rings. The first-order valence-electron chi connectivity index (χ1n) is 13.2. The average Bonchev–Trinajstić information content (AvgIpc) is 2.82. The molecular weight excluding hydrogens is 455 g/mol. The number of likely N-dealkylation sites (N-methyl/N-ethyl adjacent to an activating group) is 1. The lowest BCUT2D eigenvalue weighted by atomic mass is 9.73. The number of hydrogen-bond donors (Lipinski definition) is 1. The highest BCUT2D eigenvalue weighted by Gasteiger charge is 2.30. The van der Waals surface area contributed by atoms with Crippen LogP contribution >= 0.6 is 20.3 Å². The molecule has 2 nitrogen and oxygen atoms in total. The van der Waals surface area contributed by atoms with Crippen molar-refractivity contribution < 1.29 is 0 Å². The van der Waals surface area contributed by atoms with Gasteiger partial charge in [0.2, 0.25) is 0 Å². The van der Waals surface area contributed by atoms with Gasteiger partial charge in [0, 0.05) is 30.0 Å². The van der Waals surface area contributed by atoms with Crippen LogP contribution in [0, 0.1) is 11.8 Å². The van der Waals surface area contributed by atoms with E-state index in [0.717, 1.165) is 60.9 Å². The molecule has 2 bridgehead atoms. The van der Waals surface area contributed by atoms with E-state index in [0.29, 0.717) is 14.6 Å². The molecule has 1 N–H and O–H groups in total. The van der Waals surface area contributed by atoms with Crippen molar-refractivity contribution in [3.05, 3.63) is 82.1 Å². The van der Waals surface area contributed by atoms with Gasteiger partial charge in [-0.25, -0.2) is 0 Å². The number of allylic oxidation sites excluding steroid dienone is 6. The molecule has 4 unspecified atom stereocenters. The molecule has 5 rings (SSSR count). The van der Waals surface area contributed by atoms with Crippen molar-refractivity contribution in [2.75, 3.05) is 26.3 Å². The second-order valence-electron chi connectivity index (χ2n) is 10.5. The van der Waals surface area contributed by atoms with Crippen molar-refractivity contribution in [1.29, 1.82) is 0 Å². The topological polar surface area (TPSA) is 15.3 Å². The van der Waals surface area contributed by atoms with Crippen LogP contribution < -0.4 is 5.09 Å². The van der Waals surface area contributed by atoms with Gasteiger partial charge in [-0.3, -0.25) is 0 Å². The third-order valence-corrected chi connectivity index (χ3v) is 9.05. The molecule has 0 radical (unpaired) electrons. The number of nitrogens with one attached hydrogen (secondary N) is 1. The zero-order valence-electron chi connectivity index (χ0n) is 21.1. The Morgan fingerprint density at radius 3 is 2.74 bits per heavy atom. The average molecular weight is 497 g/mol. The Labute approximate surface area is 214 Å². The van der Waals surface area contributed by atoms with Crippen molar-refractivity contribution >= 4 is 20.3 Å². The van der Waals surface area contributed by atoms with Crippen LogP contribution in [0.2, 0.25) is 5.02 Å². The Bertz CT molecular complexity index is 947. The standard InChI is InChI=1S/C30H42ClN2P/c1-4-6-26-19-29(31)16-17-30(26)28-13-10-23-8-11-24(12-9-23)22(2)32-34-18-5-7-25-14-15-27(25)20-33(3)21-28/h5,7-8,11,16-17,19,25,27-28,32,34H,2,4,6,9-10,12-15,18,20-21H2,1,3H3/b7-5+. The minimum atomic E-state index is 0.542. The van der Waals surface area contributed by atoms with Crippen LogP contribution in [0.25, 0.3) is 0 Å². The summed E-state index contributed by atoms with van der Waals surface area (Å²) in [6.07, 6.45) is 20.3. The quantitative estimate of drug-likeness (QED) is 0.336. The number of nitrogens with zero attached hydrogens (tertiary/aromatic N) is 1. The molecule has 2 aliphatic heterocycles. The van der Waals surface area contributed by atoms with Gasteiger partial charge < -0.3 is 9.99 Å². The van der Waals surface area contributed by atoms with Crippen LogP contribution in [0.1, 0.15) is 68.9 Å². The van der Waals surface area contributed by atoms with Crippen molar-refractivity contribution in [2.24, 2.45) is 11.8 Å². The molecule has 34 heavy (non-hydrogen) atoms. The second kappa shape index (κ2) is 12.6. The summed E-state index contributed by atoms with van der Waals surface area (Å²) in [7, 11) is 3.05. The van der Waals surface area contributed by atoms with Crippen LogP contribution in [0.3, 0.4) is 0 Å². The van der Waals surface area contributed by atoms with Gasteiger partial charge in [-0.15, -0.1) is 0 Å². The molecule has 184 valence electrons. The van der Waals surface area contributed by atoms with Gasteiger partial charge in [0.1, 0.15) is 0 Å². The molecule has 0 aromatic heterocycles. The highest BCUT2D eigenvalue weighted by Crippen LogP contribution is 2.37. The number of aryl methyl sites for hydroxylation is 1. The molecule has 0 spiro atoms. The summed E-state index contributed by atoms with van der Waals surface area (Å²) in [5, 5.41) is 4.45. The minimum Gasteiger partial charge on any atom is -0.367 e. The Morgan fingerprint density at radius 1 is 1.12 bits per heavy atom. The van der Waals surface area contributed by atoms with Gasteiger partial charge in [0.05, 0.1) is 0 Å². The first-order chi connectivity index (χ1) is 16.5. The largest absolute Gasteiger partial charge is 0.367 e. The summed E-state index contributed by atoms with van der Waals surface area (Å²) in [5.74, 6) is 2.10. The summed E-state index contributed by atoms with van der Waals surface area (Å²) in [6, 6.07) is 6.63. The summed E-state index contributed by atoms with van der Waals surface area (Å²) in [5.41, 5.74) is 7.04. The predicted octanol–water partition coefficient (Wildman–Crippen LogP) is 8.03. The number of halogens is 1. The van der Waals surface area contributed by atoms with E-state index in [-0.39, 0.29) is 0 Å². The second-order valence-corrected chi connectivity index (χ2v) is 11.9. The molecule has 1 saturated carbocycles. The smallest absolute Gasteiger partial charge is 0.0408 e. The fraction of sp³-hybridized carbons (Fsp3) is 0.533. The number of hydrogen-bond acceptors (Lipinski definition) is 2. The molecule has 0 saturated heterocycles. The maximum atomic E-state index is 6.41. The zero-order chi connectivity index (χ0) is 23.9. The van der Waals surface area contributed by atoms with Crippen LogP contribution in [0.5, 0.6) is 0 Å². The molecule has 4 atom stereocenters. The summed E-state index contributed by atoms with van der Waals surface area (Å²) in [6.45, 7) is 8.91. The fourth-order valence-electron chi connectivity index (χ4n) is 5.77. The molecular formula is C30H42ClN2P. The third-order valence-electron chi connectivity index (χ3n) is 7.90. The predicted molar refractivity (Wildman–Crippen MR) is 151 cm³/mol. The van der Waals surface area contributed by atoms with Gasteiger partial charge in [-0.05, 0) is 107 Å². The van der Waals surface area contributed by atoms with E-state index in [1.165, 1.54) is 48.9 Å². The molecule has 2 aliphatic carbocycles. The summed E-state index contributed by atoms with van der Waals surface area (Å²) >= 11 is 6.41. The Morgan fingerprint density at radius 2 is 2.00 bits per heavy atom. The molecule has 2 heterocycles. The molecule has 4 heteroatoms. The maximum Gasteiger partial charge on any atom is 0.0408 e. The van der Waals surface area contributed by atoms with Crippen LogP contribution in [-0.4, -0.2) is 31.2 Å². The highest BCUT2D eigenvalue weighted by molar-refractivity contribution is 7.36. The Balaban J connectivity index is 1.57. The van der Waals surface area contributed by atoms with Crippen LogP contribution in [0.4, 0.5) is 0 Å². The number of rotatable bonds is 3. The van der Waals surface area contributed by atoms with Crippen molar-refractivity contribution in [2.45, 2.75) is 64.2 Å². The number of fused-ring (bicyclic) bond motifs is 11. The van der Waals surface area contributed by atoms with Gasteiger partial charge >= 0.3 is 0 Å². The highest BCUT2D eigenvalue weighted by atomic mass is 35.5. The van der Waals surface area contributed by atoms with Crippen molar-refractivity contribution in [3.63, 3.8) is 0 Å². The van der Waals surface area contributed by atoms with E-state index < -0.39 is 0 Å². The molecule has 1 fully saturated rings. The van der Waals surface area contributed by atoms with E-state index in [1.54, 1.807) is 5.57 Å². The first-order valence-corrected chi connectivity index (χ1v) is 14.8. The molecule has 1 aromatic carbocycles. The van der Waals surface area contributed by atoms with Gasteiger partial charge in [0.15, 0.2) is 0 Å². The van der Waals surface area contributed by atoms with Crippen molar-refractivity contribution in [3.8, 4) is 0 Å². The maximum absolute atomic E-state index is 6.41. The van der Waals surface area contributed by atoms with E-state index in [4.69, 9.17) is 11.6 Å². The monoisotopic (exact) mass is 496 g/mol. The van der Waals surface area contributed by atoms with E-state index in [2.05, 4.69) is 73.0 Å². The Kier molecular flexibility index (Phi) is 9.52. The summed E-state index contributed by atoms with van der Waals surface area (Å²) < 4.78 is 0. The Hall–Kier alpha value is -1.34. The SMILES string of the molecule is C=C1NPC/C=C/C2CCC2CN(C)CC(c2ccc(Cl)cc2CCC)CCC2=CC=C1CC2. The van der Waals surface area contributed by atoms with Crippen molar-refractivity contribution in [1.82, 2.24) is 9.99 Å². The van der Waals surface area contributed by atoms with Crippen LogP contribution in [-0.2, 0) is 6.42 Å². The van der Waals surface area contributed by atoms with E-state index in [9.17, 15) is 0 Å². The lowest BCUT2D eigenvalue weighted by Crippen LogP contribution is -2.37. The van der Waals surface area contributed by atoms with Gasteiger partial charge in [-0.1, -0.05) is 67.5 Å². The zero-order valence-corrected chi connectivity index (χ0v) is 22.8. The van der Waals surface area contributed by atoms with E-state index in [1.807, 2.05) is 0 Å². The summed E-state index contributed by atoms with van der Waals surface area (Å²) in [4.78, 5) is 2.61. The minimum absolute atomic E-state index is 0.542. The lowest BCUT2D eigenvalue weighted by Gasteiger charge is -2.38. The van der Waals surface area contributed by atoms with Gasteiger partial charge in [0.25, 0.3) is 0 Å². The normalized spacial score (nSPS) is 28.7. The molecule has 0 amide bonds. The lowest BCUT2D eigenvalue weighted by molar-refractivity contribution is 0.150. The van der Waals surface area contributed by atoms with Crippen LogP contribution in [0.15, 0.2) is 65.9 Å². The van der Waals surface area contributed by atoms with E-state index >= 15 is 0 Å². The fourth-order valence-corrected chi connectivity index (χ4v) is 6.69. The third kappa shape index (κ3) is 6.87. The number of benzene rings is 1.